The zero-order valence-electron chi connectivity index (χ0n) is 16.2. The van der Waals surface area contributed by atoms with Gasteiger partial charge in [0.1, 0.15) is 16.5 Å². The predicted octanol–water partition coefficient (Wildman–Crippen LogP) is 2.94. The van der Waals surface area contributed by atoms with Gasteiger partial charge in [0.15, 0.2) is 6.61 Å². The second kappa shape index (κ2) is 9.07. The topological polar surface area (TPSA) is 77.1 Å². The van der Waals surface area contributed by atoms with Crippen LogP contribution in [-0.4, -0.2) is 50.7 Å². The highest BCUT2D eigenvalue weighted by atomic mass is 32.1. The van der Waals surface area contributed by atoms with Gasteiger partial charge in [-0.05, 0) is 50.2 Å². The summed E-state index contributed by atoms with van der Waals surface area (Å²) in [5, 5.41) is 3.35. The summed E-state index contributed by atoms with van der Waals surface area (Å²) in [6.07, 6.45) is 0.759. The van der Waals surface area contributed by atoms with Crippen LogP contribution in [0.3, 0.4) is 0 Å². The normalized spacial score (nSPS) is 13.5. The molecule has 7 nitrogen and oxygen atoms in total. The Bertz CT molecular complexity index is 847. The first-order valence-electron chi connectivity index (χ1n) is 9.08. The van der Waals surface area contributed by atoms with Crippen molar-refractivity contribution in [2.75, 3.05) is 39.2 Å². The number of amides is 1. The smallest absolute Gasteiger partial charge is 0.341 e. The van der Waals surface area contributed by atoms with Gasteiger partial charge in [-0.1, -0.05) is 0 Å². The van der Waals surface area contributed by atoms with Crippen LogP contribution in [-0.2, 0) is 22.5 Å². The Morgan fingerprint density at radius 1 is 1.21 bits per heavy atom. The van der Waals surface area contributed by atoms with Crippen LogP contribution in [0.1, 0.15) is 27.7 Å². The van der Waals surface area contributed by atoms with Crippen molar-refractivity contribution < 1.29 is 23.8 Å². The highest BCUT2D eigenvalue weighted by Gasteiger charge is 2.28. The van der Waals surface area contributed by atoms with Crippen LogP contribution in [0.4, 0.5) is 5.00 Å². The first-order valence-corrected chi connectivity index (χ1v) is 9.90. The lowest BCUT2D eigenvalue weighted by Crippen LogP contribution is -2.26. The van der Waals surface area contributed by atoms with E-state index in [4.69, 9.17) is 14.2 Å². The van der Waals surface area contributed by atoms with Crippen molar-refractivity contribution in [1.82, 2.24) is 4.90 Å². The molecule has 2 heterocycles. The number of anilines is 1. The number of thiophene rings is 1. The Hall–Kier alpha value is -2.58. The number of carbonyl (C=O) groups excluding carboxylic acids is 2. The van der Waals surface area contributed by atoms with Crippen molar-refractivity contribution in [2.24, 2.45) is 0 Å². The number of hydrogen-bond acceptors (Lipinski definition) is 7. The van der Waals surface area contributed by atoms with Gasteiger partial charge in [0.25, 0.3) is 5.91 Å². The van der Waals surface area contributed by atoms with Crippen LogP contribution in [0.15, 0.2) is 24.3 Å². The second-order valence-corrected chi connectivity index (χ2v) is 7.53. The first-order chi connectivity index (χ1) is 13.5. The maximum Gasteiger partial charge on any atom is 0.341 e. The zero-order valence-corrected chi connectivity index (χ0v) is 17.1. The average molecular weight is 404 g/mol. The lowest BCUT2D eigenvalue weighted by Gasteiger charge is -2.22. The van der Waals surface area contributed by atoms with Crippen LogP contribution in [0.2, 0.25) is 0 Å². The van der Waals surface area contributed by atoms with Gasteiger partial charge in [-0.2, -0.15) is 0 Å². The summed E-state index contributed by atoms with van der Waals surface area (Å²) in [6, 6.07) is 6.98. The molecule has 0 aliphatic carbocycles. The molecule has 1 aromatic heterocycles. The highest BCUT2D eigenvalue weighted by molar-refractivity contribution is 7.17. The van der Waals surface area contributed by atoms with Crippen molar-refractivity contribution in [2.45, 2.75) is 19.9 Å². The minimum Gasteiger partial charge on any atom is -0.497 e. The van der Waals surface area contributed by atoms with Crippen molar-refractivity contribution >= 4 is 28.2 Å². The summed E-state index contributed by atoms with van der Waals surface area (Å²) >= 11 is 1.43. The number of methoxy groups -OCH3 is 1. The maximum absolute atomic E-state index is 12.5. The Kier molecular flexibility index (Phi) is 6.53. The lowest BCUT2D eigenvalue weighted by atomic mass is 10.0. The van der Waals surface area contributed by atoms with Crippen LogP contribution in [0, 0.1) is 0 Å². The molecule has 0 bridgehead atoms. The van der Waals surface area contributed by atoms with E-state index in [1.807, 2.05) is 7.05 Å². The summed E-state index contributed by atoms with van der Waals surface area (Å²) in [7, 11) is 3.62. The predicted molar refractivity (Wildman–Crippen MR) is 107 cm³/mol. The summed E-state index contributed by atoms with van der Waals surface area (Å²) < 4.78 is 15.8. The summed E-state index contributed by atoms with van der Waals surface area (Å²) in [4.78, 5) is 28.2. The minimum atomic E-state index is -0.393. The number of esters is 1. The van der Waals surface area contributed by atoms with Crippen LogP contribution in [0.25, 0.3) is 0 Å². The quantitative estimate of drug-likeness (QED) is 0.715. The van der Waals surface area contributed by atoms with E-state index < -0.39 is 5.97 Å². The van der Waals surface area contributed by atoms with Gasteiger partial charge in [-0.3, -0.25) is 4.79 Å². The lowest BCUT2D eigenvalue weighted by molar-refractivity contribution is -0.118. The zero-order chi connectivity index (χ0) is 20.1. The number of likely N-dealkylation sites (N-methyl/N-ethyl adjacent to an activating group) is 1. The molecule has 0 fully saturated rings. The minimum absolute atomic E-state index is 0.156. The molecule has 3 rings (SSSR count). The monoisotopic (exact) mass is 404 g/mol. The summed E-state index contributed by atoms with van der Waals surface area (Å²) in [5.41, 5.74) is 1.46. The Labute approximate surface area is 168 Å². The molecule has 2 aromatic rings. The molecular weight excluding hydrogens is 380 g/mol. The Morgan fingerprint density at radius 3 is 2.61 bits per heavy atom. The van der Waals surface area contributed by atoms with Crippen molar-refractivity contribution in [3.05, 3.63) is 40.3 Å². The molecule has 0 saturated carbocycles. The second-order valence-electron chi connectivity index (χ2n) is 6.43. The number of fused-ring (bicyclic) bond motifs is 1. The van der Waals surface area contributed by atoms with E-state index in [1.165, 1.54) is 11.3 Å². The maximum atomic E-state index is 12.5. The molecule has 1 amide bonds. The molecule has 8 heteroatoms. The number of rotatable bonds is 7. The van der Waals surface area contributed by atoms with Gasteiger partial charge in [0.2, 0.25) is 0 Å². The number of carbonyl (C=O) groups is 2. The number of nitrogens with zero attached hydrogens (tertiary/aromatic N) is 1. The van der Waals surface area contributed by atoms with Gasteiger partial charge < -0.3 is 24.4 Å². The van der Waals surface area contributed by atoms with Gasteiger partial charge in [-0.25, -0.2) is 4.79 Å². The van der Waals surface area contributed by atoms with Gasteiger partial charge in [0.05, 0.1) is 19.3 Å². The Balaban J connectivity index is 1.71. The van der Waals surface area contributed by atoms with E-state index in [0.29, 0.717) is 22.1 Å². The summed E-state index contributed by atoms with van der Waals surface area (Å²) in [5.74, 6) is 0.558. The highest BCUT2D eigenvalue weighted by Crippen LogP contribution is 2.37. The van der Waals surface area contributed by atoms with Crippen molar-refractivity contribution in [3.63, 3.8) is 0 Å². The third-order valence-corrected chi connectivity index (χ3v) is 5.54. The number of ether oxygens (including phenoxy) is 3. The molecule has 28 heavy (non-hydrogen) atoms. The largest absolute Gasteiger partial charge is 0.497 e. The van der Waals surface area contributed by atoms with Gasteiger partial charge >= 0.3 is 5.97 Å². The molecule has 150 valence electrons. The van der Waals surface area contributed by atoms with E-state index in [0.717, 1.165) is 30.0 Å². The fraction of sp³-hybridized carbons (Fsp3) is 0.400. The molecule has 1 N–H and O–H groups in total. The molecule has 0 spiro atoms. The van der Waals surface area contributed by atoms with Crippen molar-refractivity contribution in [3.8, 4) is 11.5 Å². The van der Waals surface area contributed by atoms with E-state index in [1.54, 1.807) is 38.3 Å². The van der Waals surface area contributed by atoms with Crippen LogP contribution in [0.5, 0.6) is 11.5 Å². The third kappa shape index (κ3) is 4.63. The molecule has 0 saturated heterocycles. The summed E-state index contributed by atoms with van der Waals surface area (Å²) in [6.45, 7) is 3.52. The Morgan fingerprint density at radius 2 is 1.93 bits per heavy atom. The van der Waals surface area contributed by atoms with Crippen LogP contribution >= 0.6 is 11.3 Å². The van der Waals surface area contributed by atoms with E-state index in [-0.39, 0.29) is 19.1 Å². The molecule has 1 aliphatic heterocycles. The third-order valence-electron chi connectivity index (χ3n) is 4.41. The molecule has 0 radical (unpaired) electrons. The first kappa shape index (κ1) is 20.2. The fourth-order valence-corrected chi connectivity index (χ4v) is 4.35. The van der Waals surface area contributed by atoms with E-state index in [2.05, 4.69) is 10.2 Å². The average Bonchev–Trinajstić information content (AvgIpc) is 3.03. The van der Waals surface area contributed by atoms with Crippen molar-refractivity contribution in [1.29, 1.82) is 0 Å². The van der Waals surface area contributed by atoms with Gasteiger partial charge in [-0.15, -0.1) is 11.3 Å². The molecule has 0 atom stereocenters. The molecule has 1 aliphatic rings. The van der Waals surface area contributed by atoms with E-state index in [9.17, 15) is 9.59 Å². The fourth-order valence-electron chi connectivity index (χ4n) is 3.02. The van der Waals surface area contributed by atoms with Crippen LogP contribution < -0.4 is 14.8 Å². The molecular formula is C20H24N2O5S. The van der Waals surface area contributed by atoms with Gasteiger partial charge in [0, 0.05) is 18.0 Å². The SMILES string of the molecule is CCOC(=O)c1c(NC(=O)COc2ccc(OC)cc2)sc2c1CCN(C)C2. The number of nitrogens with one attached hydrogen (secondary N) is 1. The standard InChI is InChI=1S/C20H24N2O5S/c1-4-26-20(24)18-15-9-10-22(2)11-16(15)28-19(18)21-17(23)12-27-14-7-5-13(25-3)6-8-14/h5-8H,4,9-12H2,1-3H3,(H,21,23). The molecule has 0 unspecified atom stereocenters. The number of benzene rings is 1. The van der Waals surface area contributed by atoms with E-state index >= 15 is 0 Å². The number of hydrogen-bond donors (Lipinski definition) is 1. The molecule has 1 aromatic carbocycles.